The molecule has 0 saturated heterocycles. The van der Waals surface area contributed by atoms with Gasteiger partial charge in [-0.05, 0) is 28.1 Å². The van der Waals surface area contributed by atoms with E-state index >= 15 is 0 Å². The van der Waals surface area contributed by atoms with Gasteiger partial charge < -0.3 is 4.74 Å². The topological polar surface area (TPSA) is 55.0 Å². The summed E-state index contributed by atoms with van der Waals surface area (Å²) in [5, 5.41) is 7.41. The highest BCUT2D eigenvalue weighted by molar-refractivity contribution is 9.10. The molecule has 72 valence electrons. The highest BCUT2D eigenvalue weighted by Crippen LogP contribution is 2.25. The first-order valence-electron chi connectivity index (χ1n) is 3.94. The van der Waals surface area contributed by atoms with Crippen molar-refractivity contribution in [3.63, 3.8) is 0 Å². The minimum atomic E-state index is -0.371. The van der Waals surface area contributed by atoms with Crippen LogP contribution >= 0.6 is 15.9 Å². The maximum atomic E-state index is 11.5. The molecule has 1 aromatic carbocycles. The summed E-state index contributed by atoms with van der Waals surface area (Å²) in [6.07, 6.45) is 1.60. The molecule has 0 spiro atoms. The highest BCUT2D eigenvalue weighted by Gasteiger charge is 2.15. The molecule has 0 amide bonds. The van der Waals surface area contributed by atoms with Crippen molar-refractivity contribution in [1.82, 2.24) is 10.2 Å². The van der Waals surface area contributed by atoms with Crippen molar-refractivity contribution in [1.29, 1.82) is 0 Å². The number of esters is 1. The lowest BCUT2D eigenvalue weighted by Gasteiger charge is -2.02. The van der Waals surface area contributed by atoms with Crippen molar-refractivity contribution in [2.45, 2.75) is 0 Å². The Bertz CT molecular complexity index is 493. The zero-order chi connectivity index (χ0) is 10.1. The Morgan fingerprint density at radius 1 is 1.57 bits per heavy atom. The summed E-state index contributed by atoms with van der Waals surface area (Å²) in [5.74, 6) is -0.371. The van der Waals surface area contributed by atoms with Gasteiger partial charge >= 0.3 is 5.97 Å². The lowest BCUT2D eigenvalue weighted by Crippen LogP contribution is -2.02. The minimum absolute atomic E-state index is 0.371. The molecule has 14 heavy (non-hydrogen) atoms. The van der Waals surface area contributed by atoms with E-state index in [0.29, 0.717) is 10.0 Å². The van der Waals surface area contributed by atoms with E-state index in [-0.39, 0.29) is 5.97 Å². The van der Waals surface area contributed by atoms with Crippen LogP contribution in [0.15, 0.2) is 22.8 Å². The van der Waals surface area contributed by atoms with Crippen LogP contribution in [0.2, 0.25) is 0 Å². The Morgan fingerprint density at radius 2 is 2.36 bits per heavy atom. The zero-order valence-electron chi connectivity index (χ0n) is 7.37. The Labute approximate surface area is 88.4 Å². The number of aromatic nitrogens is 2. The number of benzene rings is 1. The van der Waals surface area contributed by atoms with Gasteiger partial charge in [-0.1, -0.05) is 0 Å². The van der Waals surface area contributed by atoms with Gasteiger partial charge in [0.05, 0.1) is 24.4 Å². The SMILES string of the molecule is COC(=O)c1c(Br)ccc2[nH]ncc12. The molecule has 0 radical (unpaired) electrons. The number of ether oxygens (including phenoxy) is 1. The van der Waals surface area contributed by atoms with Crippen molar-refractivity contribution in [2.75, 3.05) is 7.11 Å². The van der Waals surface area contributed by atoms with Gasteiger partial charge in [-0.3, -0.25) is 5.10 Å². The number of fused-ring (bicyclic) bond motifs is 1. The number of carbonyl (C=O) groups excluding carboxylic acids is 1. The molecule has 0 aliphatic carbocycles. The average molecular weight is 255 g/mol. The molecule has 0 unspecified atom stereocenters. The van der Waals surface area contributed by atoms with Gasteiger partial charge in [-0.25, -0.2) is 4.79 Å². The third-order valence-corrected chi connectivity index (χ3v) is 2.62. The summed E-state index contributed by atoms with van der Waals surface area (Å²) >= 11 is 3.30. The van der Waals surface area contributed by atoms with Crippen LogP contribution in [0.3, 0.4) is 0 Å². The molecule has 0 aliphatic rings. The van der Waals surface area contributed by atoms with Gasteiger partial charge in [0.15, 0.2) is 0 Å². The Kier molecular flexibility index (Phi) is 2.25. The van der Waals surface area contributed by atoms with Gasteiger partial charge in [0.2, 0.25) is 0 Å². The Hall–Kier alpha value is -1.36. The first kappa shape index (κ1) is 9.21. The molecule has 1 N–H and O–H groups in total. The molecular formula is C9H7BrN2O2. The van der Waals surface area contributed by atoms with Gasteiger partial charge in [-0.2, -0.15) is 5.10 Å². The molecule has 2 aromatic rings. The van der Waals surface area contributed by atoms with Crippen LogP contribution < -0.4 is 0 Å². The van der Waals surface area contributed by atoms with Gasteiger partial charge in [0.1, 0.15) is 0 Å². The van der Waals surface area contributed by atoms with E-state index in [1.54, 1.807) is 12.3 Å². The number of H-pyrrole nitrogens is 1. The number of hydrogen-bond donors (Lipinski definition) is 1. The number of nitrogens with zero attached hydrogens (tertiary/aromatic N) is 1. The van der Waals surface area contributed by atoms with Crippen molar-refractivity contribution < 1.29 is 9.53 Å². The predicted octanol–water partition coefficient (Wildman–Crippen LogP) is 2.11. The summed E-state index contributed by atoms with van der Waals surface area (Å²) in [5.41, 5.74) is 1.31. The van der Waals surface area contributed by atoms with Crippen LogP contribution in [-0.2, 0) is 4.74 Å². The van der Waals surface area contributed by atoms with Gasteiger partial charge in [0.25, 0.3) is 0 Å². The highest BCUT2D eigenvalue weighted by atomic mass is 79.9. The number of rotatable bonds is 1. The summed E-state index contributed by atoms with van der Waals surface area (Å²) < 4.78 is 5.39. The van der Waals surface area contributed by atoms with Crippen LogP contribution in [0, 0.1) is 0 Å². The van der Waals surface area contributed by atoms with E-state index in [4.69, 9.17) is 0 Å². The standard InChI is InChI=1S/C9H7BrN2O2/c1-14-9(13)8-5-4-11-12-7(5)3-2-6(8)10/h2-4H,1H3,(H,11,12). The molecule has 4 nitrogen and oxygen atoms in total. The number of hydrogen-bond acceptors (Lipinski definition) is 3. The van der Waals surface area contributed by atoms with E-state index in [0.717, 1.165) is 10.9 Å². The quantitative estimate of drug-likeness (QED) is 0.794. The van der Waals surface area contributed by atoms with Crippen molar-refractivity contribution >= 4 is 32.8 Å². The van der Waals surface area contributed by atoms with Crippen LogP contribution in [0.25, 0.3) is 10.9 Å². The minimum Gasteiger partial charge on any atom is -0.465 e. The molecule has 0 aliphatic heterocycles. The lowest BCUT2D eigenvalue weighted by molar-refractivity contribution is 0.0602. The summed E-state index contributed by atoms with van der Waals surface area (Å²) in [6, 6.07) is 3.63. The van der Waals surface area contributed by atoms with Crippen LogP contribution in [-0.4, -0.2) is 23.3 Å². The average Bonchev–Trinajstić information content (AvgIpc) is 2.64. The Morgan fingerprint density at radius 3 is 3.07 bits per heavy atom. The Balaban J connectivity index is 2.76. The second-order valence-electron chi connectivity index (χ2n) is 2.75. The van der Waals surface area contributed by atoms with E-state index in [9.17, 15) is 4.79 Å². The second-order valence-corrected chi connectivity index (χ2v) is 3.60. The van der Waals surface area contributed by atoms with Crippen LogP contribution in [0.4, 0.5) is 0 Å². The molecule has 1 aromatic heterocycles. The molecule has 5 heteroatoms. The summed E-state index contributed by atoms with van der Waals surface area (Å²) in [6.45, 7) is 0. The van der Waals surface area contributed by atoms with E-state index in [1.165, 1.54) is 7.11 Å². The molecule has 1 heterocycles. The third kappa shape index (κ3) is 1.29. The van der Waals surface area contributed by atoms with Crippen LogP contribution in [0.1, 0.15) is 10.4 Å². The zero-order valence-corrected chi connectivity index (χ0v) is 8.96. The first-order valence-corrected chi connectivity index (χ1v) is 4.73. The fourth-order valence-corrected chi connectivity index (χ4v) is 1.81. The molecule has 0 fully saturated rings. The monoisotopic (exact) mass is 254 g/mol. The van der Waals surface area contributed by atoms with Crippen molar-refractivity contribution in [3.05, 3.63) is 28.4 Å². The number of halogens is 1. The molecule has 0 bridgehead atoms. The molecule has 0 saturated carbocycles. The lowest BCUT2D eigenvalue weighted by atomic mass is 10.1. The van der Waals surface area contributed by atoms with Crippen molar-refractivity contribution in [2.24, 2.45) is 0 Å². The fraction of sp³-hybridized carbons (Fsp3) is 0.111. The van der Waals surface area contributed by atoms with E-state index < -0.39 is 0 Å². The normalized spacial score (nSPS) is 10.4. The van der Waals surface area contributed by atoms with Gasteiger partial charge in [0, 0.05) is 9.86 Å². The molecule has 0 atom stereocenters. The molecule has 2 rings (SSSR count). The number of nitrogens with one attached hydrogen (secondary N) is 1. The maximum absolute atomic E-state index is 11.5. The second kappa shape index (κ2) is 3.42. The number of aromatic amines is 1. The van der Waals surface area contributed by atoms with E-state index in [2.05, 4.69) is 30.9 Å². The van der Waals surface area contributed by atoms with Crippen molar-refractivity contribution in [3.8, 4) is 0 Å². The third-order valence-electron chi connectivity index (χ3n) is 1.96. The molecular weight excluding hydrogens is 248 g/mol. The number of methoxy groups -OCH3 is 1. The smallest absolute Gasteiger partial charge is 0.339 e. The predicted molar refractivity (Wildman–Crippen MR) is 55.1 cm³/mol. The first-order chi connectivity index (χ1) is 6.74. The number of carbonyl (C=O) groups is 1. The summed E-state index contributed by atoms with van der Waals surface area (Å²) in [4.78, 5) is 11.5. The summed E-state index contributed by atoms with van der Waals surface area (Å²) in [7, 11) is 1.35. The van der Waals surface area contributed by atoms with Crippen LogP contribution in [0.5, 0.6) is 0 Å². The maximum Gasteiger partial charge on any atom is 0.339 e. The van der Waals surface area contributed by atoms with E-state index in [1.807, 2.05) is 6.07 Å². The van der Waals surface area contributed by atoms with Gasteiger partial charge in [-0.15, -0.1) is 0 Å². The largest absolute Gasteiger partial charge is 0.465 e. The fourth-order valence-electron chi connectivity index (χ4n) is 1.30.